The number of benzene rings is 2. The van der Waals surface area contributed by atoms with Crippen molar-refractivity contribution in [2.75, 3.05) is 38.5 Å². The van der Waals surface area contributed by atoms with Crippen molar-refractivity contribution in [1.82, 2.24) is 0 Å². The second-order valence-corrected chi connectivity index (χ2v) is 7.83. The number of methoxy groups -OCH3 is 4. The number of sulfonamides is 1. The largest absolute Gasteiger partial charge is 0.497 e. The van der Waals surface area contributed by atoms with Crippen molar-refractivity contribution < 1.29 is 45.3 Å². The third kappa shape index (κ3) is 6.68. The summed E-state index contributed by atoms with van der Waals surface area (Å²) in [4.78, 5) is 11.3. The lowest BCUT2D eigenvalue weighted by molar-refractivity contribution is -0.167. The molecule has 0 saturated heterocycles. The Morgan fingerprint density at radius 3 is 1.94 bits per heavy atom. The number of halogens is 3. The van der Waals surface area contributed by atoms with Gasteiger partial charge in [0.05, 0.1) is 50.8 Å². The van der Waals surface area contributed by atoms with E-state index in [1.807, 2.05) is 0 Å². The Bertz CT molecular complexity index is 1120. The van der Waals surface area contributed by atoms with Gasteiger partial charge in [0.1, 0.15) is 23.0 Å². The van der Waals surface area contributed by atoms with Crippen molar-refractivity contribution in [1.29, 1.82) is 0 Å². The van der Waals surface area contributed by atoms with Crippen LogP contribution in [0.1, 0.15) is 5.56 Å². The topological polar surface area (TPSA) is 112 Å². The van der Waals surface area contributed by atoms with Crippen LogP contribution < -0.4 is 29.0 Å². The molecule has 2 aromatic rings. The van der Waals surface area contributed by atoms with E-state index in [2.05, 4.69) is 4.72 Å². The lowest BCUT2D eigenvalue weighted by Crippen LogP contribution is -2.30. The number of ether oxygens (including phenoxy) is 4. The Morgan fingerprint density at radius 2 is 1.45 bits per heavy atom. The van der Waals surface area contributed by atoms with Crippen LogP contribution in [-0.2, 0) is 14.8 Å². The number of carbonyl (C=O) groups excluding carboxylic acids is 1. The number of anilines is 2. The average molecular weight is 490 g/mol. The molecular weight excluding hydrogens is 469 g/mol. The highest BCUT2D eigenvalue weighted by atomic mass is 32.2. The summed E-state index contributed by atoms with van der Waals surface area (Å²) >= 11 is 0. The Hall–Kier alpha value is -3.61. The monoisotopic (exact) mass is 490 g/mol. The number of carbonyl (C=O) groups is 1. The fourth-order valence-corrected chi connectivity index (χ4v) is 3.45. The molecule has 0 unspecified atom stereocenters. The van der Waals surface area contributed by atoms with Gasteiger partial charge in [0, 0.05) is 18.2 Å². The maximum absolute atomic E-state index is 12.7. The zero-order valence-electron chi connectivity index (χ0n) is 17.9. The number of alkyl halides is 3. The smallest absolute Gasteiger partial charge is 0.471 e. The molecule has 0 aliphatic carbocycles. The van der Waals surface area contributed by atoms with E-state index < -0.39 is 27.8 Å². The van der Waals surface area contributed by atoms with Crippen LogP contribution in [0.4, 0.5) is 24.5 Å². The molecule has 0 atom stereocenters. The van der Waals surface area contributed by atoms with E-state index in [0.717, 1.165) is 17.5 Å². The standard InChI is InChI=1S/C20H21F3N2O7S/c1-29-12-5-6-15(16(9-12)24-19(26)20(21,22)23)25-33(27,28)8-7-14-17(31-3)10-13(30-2)11-18(14)32-4/h5-11,25H,1-4H3,(H,24,26). The van der Waals surface area contributed by atoms with Crippen molar-refractivity contribution >= 4 is 33.4 Å². The molecule has 13 heteroatoms. The van der Waals surface area contributed by atoms with E-state index in [-0.39, 0.29) is 28.5 Å². The highest BCUT2D eigenvalue weighted by Gasteiger charge is 2.39. The number of nitrogens with one attached hydrogen (secondary N) is 2. The first-order valence-electron chi connectivity index (χ1n) is 9.01. The number of rotatable bonds is 9. The van der Waals surface area contributed by atoms with Gasteiger partial charge < -0.3 is 24.3 Å². The van der Waals surface area contributed by atoms with Crippen LogP contribution in [0.5, 0.6) is 23.0 Å². The van der Waals surface area contributed by atoms with E-state index in [4.69, 9.17) is 18.9 Å². The van der Waals surface area contributed by atoms with Crippen molar-refractivity contribution in [2.24, 2.45) is 0 Å². The molecule has 0 aromatic heterocycles. The van der Waals surface area contributed by atoms with E-state index in [9.17, 15) is 26.4 Å². The summed E-state index contributed by atoms with van der Waals surface area (Å²) in [5.74, 6) is -1.27. The number of hydrogen-bond donors (Lipinski definition) is 2. The molecule has 0 fully saturated rings. The van der Waals surface area contributed by atoms with Gasteiger partial charge in [-0.25, -0.2) is 8.42 Å². The first-order valence-corrected chi connectivity index (χ1v) is 10.6. The van der Waals surface area contributed by atoms with Gasteiger partial charge in [0.25, 0.3) is 10.0 Å². The van der Waals surface area contributed by atoms with Gasteiger partial charge >= 0.3 is 12.1 Å². The normalized spacial score (nSPS) is 11.7. The molecule has 33 heavy (non-hydrogen) atoms. The fourth-order valence-electron chi connectivity index (χ4n) is 2.58. The third-order valence-electron chi connectivity index (χ3n) is 4.15. The van der Waals surface area contributed by atoms with E-state index in [1.165, 1.54) is 52.7 Å². The fraction of sp³-hybridized carbons (Fsp3) is 0.250. The Kier molecular flexibility index (Phi) is 8.03. The lowest BCUT2D eigenvalue weighted by Gasteiger charge is -2.15. The molecular formula is C20H21F3N2O7S. The molecule has 9 nitrogen and oxygen atoms in total. The van der Waals surface area contributed by atoms with Gasteiger partial charge in [0.2, 0.25) is 0 Å². The van der Waals surface area contributed by atoms with Gasteiger partial charge in [-0.2, -0.15) is 13.2 Å². The van der Waals surface area contributed by atoms with E-state index in [0.29, 0.717) is 5.75 Å². The Morgan fingerprint density at radius 1 is 0.879 bits per heavy atom. The maximum Gasteiger partial charge on any atom is 0.471 e. The third-order valence-corrected chi connectivity index (χ3v) is 5.15. The zero-order valence-corrected chi connectivity index (χ0v) is 18.8. The number of amides is 1. The van der Waals surface area contributed by atoms with Crippen molar-refractivity contribution in [3.8, 4) is 23.0 Å². The molecule has 0 radical (unpaired) electrons. The summed E-state index contributed by atoms with van der Waals surface area (Å²) in [6.45, 7) is 0. The van der Waals surface area contributed by atoms with Gasteiger partial charge in [-0.3, -0.25) is 9.52 Å². The molecule has 0 bridgehead atoms. The predicted octanol–water partition coefficient (Wildman–Crippen LogP) is 3.63. The summed E-state index contributed by atoms with van der Waals surface area (Å²) in [6, 6.07) is 6.51. The molecule has 2 aromatic carbocycles. The molecule has 0 aliphatic rings. The van der Waals surface area contributed by atoms with Gasteiger partial charge in [-0.15, -0.1) is 0 Å². The molecule has 0 aliphatic heterocycles. The summed E-state index contributed by atoms with van der Waals surface area (Å²) in [6.07, 6.45) is -4.00. The summed E-state index contributed by atoms with van der Waals surface area (Å²) in [5.41, 5.74) is -0.494. The van der Waals surface area contributed by atoms with Crippen molar-refractivity contribution in [3.63, 3.8) is 0 Å². The van der Waals surface area contributed by atoms with Crippen molar-refractivity contribution in [3.05, 3.63) is 41.3 Å². The van der Waals surface area contributed by atoms with Crippen molar-refractivity contribution in [2.45, 2.75) is 6.18 Å². The second kappa shape index (κ2) is 10.3. The predicted molar refractivity (Wildman–Crippen MR) is 115 cm³/mol. The van der Waals surface area contributed by atoms with Crippen LogP contribution >= 0.6 is 0 Å². The zero-order chi connectivity index (χ0) is 24.8. The number of hydrogen-bond acceptors (Lipinski definition) is 7. The van der Waals surface area contributed by atoms with Gasteiger partial charge in [0.15, 0.2) is 0 Å². The minimum atomic E-state index is -5.18. The van der Waals surface area contributed by atoms with E-state index >= 15 is 0 Å². The Balaban J connectivity index is 2.40. The van der Waals surface area contributed by atoms with Crippen LogP contribution in [0.15, 0.2) is 35.7 Å². The quantitative estimate of drug-likeness (QED) is 0.552. The SMILES string of the molecule is COc1ccc(NS(=O)(=O)C=Cc2c(OC)cc(OC)cc2OC)c(NC(=O)C(F)(F)F)c1. The molecule has 1 amide bonds. The van der Waals surface area contributed by atoms with Crippen LogP contribution in [-0.4, -0.2) is 48.9 Å². The van der Waals surface area contributed by atoms with Gasteiger partial charge in [-0.1, -0.05) is 0 Å². The average Bonchev–Trinajstić information content (AvgIpc) is 2.77. The summed E-state index contributed by atoms with van der Waals surface area (Å²) in [5, 5.41) is 2.39. The van der Waals surface area contributed by atoms with Crippen LogP contribution in [0.2, 0.25) is 0 Å². The maximum atomic E-state index is 12.7. The second-order valence-electron chi connectivity index (χ2n) is 6.26. The van der Waals surface area contributed by atoms with Crippen LogP contribution in [0.25, 0.3) is 6.08 Å². The molecule has 180 valence electrons. The summed E-state index contributed by atoms with van der Waals surface area (Å²) in [7, 11) is 1.16. The summed E-state index contributed by atoms with van der Waals surface area (Å²) < 4.78 is 85.9. The highest BCUT2D eigenvalue weighted by molar-refractivity contribution is 7.95. The molecule has 2 rings (SSSR count). The first-order chi connectivity index (χ1) is 15.4. The van der Waals surface area contributed by atoms with Gasteiger partial charge in [-0.05, 0) is 18.2 Å². The molecule has 0 spiro atoms. The molecule has 0 saturated carbocycles. The highest BCUT2D eigenvalue weighted by Crippen LogP contribution is 2.35. The first kappa shape index (κ1) is 25.6. The Labute approximate surface area is 188 Å². The van der Waals surface area contributed by atoms with E-state index in [1.54, 1.807) is 5.32 Å². The molecule has 0 heterocycles. The van der Waals surface area contributed by atoms with Crippen LogP contribution in [0, 0.1) is 0 Å². The lowest BCUT2D eigenvalue weighted by atomic mass is 10.1. The minimum absolute atomic E-state index is 0.0960. The molecule has 2 N–H and O–H groups in total. The minimum Gasteiger partial charge on any atom is -0.497 e. The van der Waals surface area contributed by atoms with Crippen LogP contribution in [0.3, 0.4) is 0 Å².